The Hall–Kier alpha value is -1.21. The highest BCUT2D eigenvalue weighted by molar-refractivity contribution is 5.30. The van der Waals surface area contributed by atoms with Crippen LogP contribution in [0.15, 0.2) is 18.2 Å². The van der Waals surface area contributed by atoms with Gasteiger partial charge in [-0.05, 0) is 19.9 Å². The zero-order valence-electron chi connectivity index (χ0n) is 12.7. The Bertz CT molecular complexity index is 428. The van der Waals surface area contributed by atoms with Gasteiger partial charge in [0.15, 0.2) is 0 Å². The van der Waals surface area contributed by atoms with Crippen LogP contribution in [0.3, 0.4) is 0 Å². The van der Waals surface area contributed by atoms with E-state index in [0.717, 1.165) is 0 Å². The molecule has 1 rings (SSSR count). The van der Waals surface area contributed by atoms with E-state index in [0.29, 0.717) is 17.9 Å². The minimum absolute atomic E-state index is 0.0245. The maximum Gasteiger partial charge on any atom is 0.131 e. The van der Waals surface area contributed by atoms with Crippen molar-refractivity contribution in [2.24, 2.45) is 5.73 Å². The van der Waals surface area contributed by atoms with Crippen LogP contribution in [0.1, 0.15) is 25.5 Å². The number of hydrogen-bond donors (Lipinski definition) is 2. The summed E-state index contributed by atoms with van der Waals surface area (Å²) in [5.74, 6) is -0.0668. The van der Waals surface area contributed by atoms with E-state index in [1.807, 2.05) is 6.92 Å². The van der Waals surface area contributed by atoms with Crippen LogP contribution in [-0.2, 0) is 9.47 Å². The van der Waals surface area contributed by atoms with Gasteiger partial charge in [0.1, 0.15) is 24.3 Å². The second kappa shape index (κ2) is 8.94. The fraction of sp³-hybridized carbons (Fsp3) is 0.600. The summed E-state index contributed by atoms with van der Waals surface area (Å²) in [6.45, 7) is 4.17. The van der Waals surface area contributed by atoms with Gasteiger partial charge in [0.25, 0.3) is 0 Å². The fourth-order valence-electron chi connectivity index (χ4n) is 1.77. The number of aliphatic hydroxyl groups is 1. The van der Waals surface area contributed by atoms with Crippen LogP contribution in [0.4, 0.5) is 4.39 Å². The molecule has 21 heavy (non-hydrogen) atoms. The summed E-state index contributed by atoms with van der Waals surface area (Å²) in [5.41, 5.74) is 6.06. The number of ether oxygens (including phenoxy) is 3. The highest BCUT2D eigenvalue weighted by atomic mass is 19.1. The van der Waals surface area contributed by atoms with Crippen molar-refractivity contribution in [1.82, 2.24) is 0 Å². The molecule has 0 heterocycles. The predicted octanol–water partition coefficient (Wildman–Crippen LogP) is 1.64. The average Bonchev–Trinajstić information content (AvgIpc) is 2.43. The summed E-state index contributed by atoms with van der Waals surface area (Å²) in [7, 11) is 1.58. The summed E-state index contributed by atoms with van der Waals surface area (Å²) < 4.78 is 29.3. The van der Waals surface area contributed by atoms with Gasteiger partial charge < -0.3 is 25.1 Å². The third-order valence-corrected chi connectivity index (χ3v) is 2.88. The van der Waals surface area contributed by atoms with Crippen LogP contribution < -0.4 is 10.5 Å². The first-order valence-electron chi connectivity index (χ1n) is 6.90. The second-order valence-electron chi connectivity index (χ2n) is 5.04. The van der Waals surface area contributed by atoms with Crippen molar-refractivity contribution in [2.45, 2.75) is 32.1 Å². The van der Waals surface area contributed by atoms with E-state index < -0.39 is 11.9 Å². The van der Waals surface area contributed by atoms with E-state index in [9.17, 15) is 9.50 Å². The molecule has 0 bridgehead atoms. The molecular weight excluding hydrogens is 277 g/mol. The van der Waals surface area contributed by atoms with Gasteiger partial charge >= 0.3 is 0 Å². The lowest BCUT2D eigenvalue weighted by molar-refractivity contribution is -0.0423. The van der Waals surface area contributed by atoms with E-state index >= 15 is 0 Å². The number of methoxy groups -OCH3 is 1. The van der Waals surface area contributed by atoms with Gasteiger partial charge in [-0.1, -0.05) is 6.07 Å². The normalized spacial score (nSPS) is 15.5. The van der Waals surface area contributed by atoms with Crippen molar-refractivity contribution < 1.29 is 23.7 Å². The van der Waals surface area contributed by atoms with Gasteiger partial charge in [-0.3, -0.25) is 0 Å². The lowest BCUT2D eigenvalue weighted by Crippen LogP contribution is -2.27. The lowest BCUT2D eigenvalue weighted by atomic mass is 10.1. The van der Waals surface area contributed by atoms with E-state index in [4.69, 9.17) is 19.9 Å². The highest BCUT2D eigenvalue weighted by Crippen LogP contribution is 2.20. The largest absolute Gasteiger partial charge is 0.491 e. The molecule has 1 aromatic rings. The number of nitrogens with two attached hydrogens (primary N) is 1. The van der Waals surface area contributed by atoms with Crippen LogP contribution in [0.25, 0.3) is 0 Å². The predicted molar refractivity (Wildman–Crippen MR) is 77.8 cm³/mol. The first-order valence-corrected chi connectivity index (χ1v) is 6.90. The van der Waals surface area contributed by atoms with Crippen LogP contribution in [-0.4, -0.2) is 44.2 Å². The molecule has 120 valence electrons. The van der Waals surface area contributed by atoms with E-state index in [2.05, 4.69) is 0 Å². The number of halogens is 1. The molecule has 0 aliphatic carbocycles. The Balaban J connectivity index is 2.39. The zero-order chi connectivity index (χ0) is 15.8. The van der Waals surface area contributed by atoms with E-state index in [1.54, 1.807) is 26.2 Å². The van der Waals surface area contributed by atoms with E-state index in [1.165, 1.54) is 6.07 Å². The molecule has 3 N–H and O–H groups in total. The van der Waals surface area contributed by atoms with Gasteiger partial charge in [-0.25, -0.2) is 4.39 Å². The molecule has 0 radical (unpaired) electrons. The van der Waals surface area contributed by atoms with Crippen molar-refractivity contribution in [3.63, 3.8) is 0 Å². The fourth-order valence-corrected chi connectivity index (χ4v) is 1.77. The summed E-state index contributed by atoms with van der Waals surface area (Å²) in [6, 6.07) is 4.10. The second-order valence-corrected chi connectivity index (χ2v) is 5.04. The van der Waals surface area contributed by atoms with Crippen molar-refractivity contribution in [2.75, 3.05) is 26.9 Å². The van der Waals surface area contributed by atoms with Gasteiger partial charge in [0, 0.05) is 24.8 Å². The van der Waals surface area contributed by atoms with Gasteiger partial charge in [0.05, 0.1) is 19.3 Å². The highest BCUT2D eigenvalue weighted by Gasteiger charge is 2.11. The SMILES string of the molecule is COCC(C)OCC(O)COc1ccc([C@H](C)N)c(F)c1. The minimum Gasteiger partial charge on any atom is -0.491 e. The summed E-state index contributed by atoms with van der Waals surface area (Å²) >= 11 is 0. The number of aliphatic hydroxyl groups excluding tert-OH is 1. The van der Waals surface area contributed by atoms with Gasteiger partial charge in [0.2, 0.25) is 0 Å². The molecule has 0 aromatic heterocycles. The molecule has 0 saturated heterocycles. The zero-order valence-corrected chi connectivity index (χ0v) is 12.7. The molecular formula is C15H24FNO4. The monoisotopic (exact) mass is 301 g/mol. The van der Waals surface area contributed by atoms with Crippen LogP contribution in [0, 0.1) is 5.82 Å². The Morgan fingerprint density at radius 1 is 1.24 bits per heavy atom. The van der Waals surface area contributed by atoms with Crippen LogP contribution >= 0.6 is 0 Å². The topological polar surface area (TPSA) is 73.9 Å². The maximum atomic E-state index is 13.7. The van der Waals surface area contributed by atoms with Crippen molar-refractivity contribution >= 4 is 0 Å². The number of rotatable bonds is 9. The molecule has 0 aliphatic heterocycles. The first kappa shape index (κ1) is 17.8. The molecule has 0 aliphatic rings. The number of hydrogen-bond acceptors (Lipinski definition) is 5. The smallest absolute Gasteiger partial charge is 0.131 e. The average molecular weight is 301 g/mol. The Morgan fingerprint density at radius 2 is 1.95 bits per heavy atom. The third-order valence-electron chi connectivity index (χ3n) is 2.88. The van der Waals surface area contributed by atoms with Crippen LogP contribution in [0.2, 0.25) is 0 Å². The van der Waals surface area contributed by atoms with Crippen molar-refractivity contribution in [1.29, 1.82) is 0 Å². The minimum atomic E-state index is -0.791. The van der Waals surface area contributed by atoms with Crippen molar-refractivity contribution in [3.05, 3.63) is 29.6 Å². The lowest BCUT2D eigenvalue weighted by Gasteiger charge is -2.17. The summed E-state index contributed by atoms with van der Waals surface area (Å²) in [4.78, 5) is 0. The standard InChI is InChI=1S/C15H24FNO4/c1-10(7-19-3)20-8-12(18)9-21-13-4-5-14(11(2)17)15(16)6-13/h4-6,10-12,18H,7-9,17H2,1-3H3/t10?,11-,12?/m0/s1. The van der Waals surface area contributed by atoms with Gasteiger partial charge in [-0.2, -0.15) is 0 Å². The quantitative estimate of drug-likeness (QED) is 0.725. The molecule has 6 heteroatoms. The van der Waals surface area contributed by atoms with E-state index in [-0.39, 0.29) is 25.4 Å². The molecule has 0 saturated carbocycles. The molecule has 0 amide bonds. The van der Waals surface area contributed by atoms with Gasteiger partial charge in [-0.15, -0.1) is 0 Å². The van der Waals surface area contributed by atoms with Crippen LogP contribution in [0.5, 0.6) is 5.75 Å². The first-order chi connectivity index (χ1) is 9.93. The maximum absolute atomic E-state index is 13.7. The Morgan fingerprint density at radius 3 is 2.52 bits per heavy atom. The molecule has 0 fully saturated rings. The molecule has 2 unspecified atom stereocenters. The molecule has 5 nitrogen and oxygen atoms in total. The third kappa shape index (κ3) is 6.39. The Kier molecular flexibility index (Phi) is 7.60. The molecule has 3 atom stereocenters. The Labute approximate surface area is 124 Å². The molecule has 1 aromatic carbocycles. The van der Waals surface area contributed by atoms with Crippen molar-refractivity contribution in [3.8, 4) is 5.75 Å². The molecule has 0 spiro atoms. The number of benzene rings is 1. The summed E-state index contributed by atoms with van der Waals surface area (Å²) in [6.07, 6.45) is -0.895. The summed E-state index contributed by atoms with van der Waals surface area (Å²) in [5, 5.41) is 9.74.